The zero-order valence-electron chi connectivity index (χ0n) is 12.6. The maximum atomic E-state index is 12.1. The molecule has 0 aromatic carbocycles. The van der Waals surface area contributed by atoms with Crippen LogP contribution in [-0.2, 0) is 9.59 Å². The summed E-state index contributed by atoms with van der Waals surface area (Å²) in [7, 11) is 0. The highest BCUT2D eigenvalue weighted by Gasteiger charge is 2.26. The molecule has 0 radical (unpaired) electrons. The minimum absolute atomic E-state index is 0.0109. The minimum atomic E-state index is 0.0109. The van der Waals surface area contributed by atoms with Gasteiger partial charge >= 0.3 is 0 Å². The van der Waals surface area contributed by atoms with Gasteiger partial charge in [-0.05, 0) is 38.1 Å². The largest absolute Gasteiger partial charge is 0.356 e. The van der Waals surface area contributed by atoms with Gasteiger partial charge in [-0.25, -0.2) is 0 Å². The molecule has 1 fully saturated rings. The van der Waals surface area contributed by atoms with Crippen LogP contribution in [0.15, 0.2) is 0 Å². The summed E-state index contributed by atoms with van der Waals surface area (Å²) in [5.41, 5.74) is 5.59. The molecule has 5 nitrogen and oxygen atoms in total. The lowest BCUT2D eigenvalue weighted by Gasteiger charge is -2.28. The fourth-order valence-corrected chi connectivity index (χ4v) is 2.82. The fraction of sp³-hybridized carbons (Fsp3) is 0.867. The lowest BCUT2D eigenvalue weighted by atomic mass is 9.79. The molecule has 0 bridgehead atoms. The number of nitrogens with two attached hydrogens (primary N) is 1. The van der Waals surface area contributed by atoms with Crippen molar-refractivity contribution in [2.24, 2.45) is 17.6 Å². The summed E-state index contributed by atoms with van der Waals surface area (Å²) in [5, 5.41) is 5.70. The van der Waals surface area contributed by atoms with Crippen LogP contribution in [0.1, 0.15) is 51.9 Å². The molecule has 1 saturated carbocycles. The molecule has 0 spiro atoms. The molecule has 0 saturated heterocycles. The third kappa shape index (κ3) is 6.37. The van der Waals surface area contributed by atoms with E-state index >= 15 is 0 Å². The molecule has 0 aliphatic heterocycles. The van der Waals surface area contributed by atoms with E-state index in [-0.39, 0.29) is 17.7 Å². The molecule has 1 aliphatic rings. The van der Waals surface area contributed by atoms with Crippen molar-refractivity contribution in [2.75, 3.05) is 19.6 Å². The monoisotopic (exact) mass is 283 g/mol. The van der Waals surface area contributed by atoms with E-state index in [4.69, 9.17) is 5.73 Å². The average Bonchev–Trinajstić information content (AvgIpc) is 2.45. The van der Waals surface area contributed by atoms with Gasteiger partial charge in [-0.1, -0.05) is 19.8 Å². The zero-order chi connectivity index (χ0) is 14.8. The van der Waals surface area contributed by atoms with E-state index in [9.17, 15) is 9.59 Å². The summed E-state index contributed by atoms with van der Waals surface area (Å²) in [6.07, 6.45) is 6.54. The van der Waals surface area contributed by atoms with Crippen molar-refractivity contribution >= 4 is 11.8 Å². The fourth-order valence-electron chi connectivity index (χ4n) is 2.82. The molecule has 116 valence electrons. The summed E-state index contributed by atoms with van der Waals surface area (Å²) in [6, 6.07) is 0. The molecule has 2 atom stereocenters. The molecular formula is C15H29N3O2. The highest BCUT2D eigenvalue weighted by molar-refractivity contribution is 5.80. The number of carbonyl (C=O) groups is 2. The zero-order valence-corrected chi connectivity index (χ0v) is 12.6. The van der Waals surface area contributed by atoms with E-state index in [1.54, 1.807) is 0 Å². The van der Waals surface area contributed by atoms with Gasteiger partial charge in [0.2, 0.25) is 11.8 Å². The first-order valence-corrected chi connectivity index (χ1v) is 7.91. The quantitative estimate of drug-likeness (QED) is 0.625. The Hall–Kier alpha value is -1.10. The predicted octanol–water partition coefficient (Wildman–Crippen LogP) is 1.17. The Bertz CT molecular complexity index is 305. The van der Waals surface area contributed by atoms with E-state index in [0.717, 1.165) is 32.1 Å². The Labute approximate surface area is 122 Å². The number of rotatable bonds is 8. The second-order valence-electron chi connectivity index (χ2n) is 5.70. The lowest BCUT2D eigenvalue weighted by Crippen LogP contribution is -2.36. The molecule has 0 heterocycles. The number of nitrogens with one attached hydrogen (secondary N) is 2. The molecule has 5 heteroatoms. The van der Waals surface area contributed by atoms with Gasteiger partial charge in [0.15, 0.2) is 0 Å². The third-order valence-corrected chi connectivity index (χ3v) is 3.95. The molecule has 0 aromatic rings. The van der Waals surface area contributed by atoms with Crippen molar-refractivity contribution in [2.45, 2.75) is 51.9 Å². The van der Waals surface area contributed by atoms with Crippen LogP contribution >= 0.6 is 0 Å². The van der Waals surface area contributed by atoms with E-state index in [2.05, 4.69) is 10.6 Å². The molecule has 2 unspecified atom stereocenters. The molecule has 1 aliphatic carbocycles. The predicted molar refractivity (Wildman–Crippen MR) is 80.0 cm³/mol. The van der Waals surface area contributed by atoms with Crippen molar-refractivity contribution in [3.05, 3.63) is 0 Å². The van der Waals surface area contributed by atoms with E-state index in [0.29, 0.717) is 32.0 Å². The molecule has 1 rings (SSSR count). The Kier molecular flexibility index (Phi) is 8.26. The summed E-state index contributed by atoms with van der Waals surface area (Å²) < 4.78 is 0. The average molecular weight is 283 g/mol. The Morgan fingerprint density at radius 3 is 2.70 bits per heavy atom. The first-order chi connectivity index (χ1) is 9.67. The lowest BCUT2D eigenvalue weighted by molar-refractivity contribution is -0.126. The first-order valence-electron chi connectivity index (χ1n) is 7.91. The summed E-state index contributed by atoms with van der Waals surface area (Å²) >= 11 is 0. The van der Waals surface area contributed by atoms with Gasteiger partial charge in [-0.2, -0.15) is 0 Å². The Morgan fingerprint density at radius 1 is 1.20 bits per heavy atom. The van der Waals surface area contributed by atoms with Gasteiger partial charge in [0, 0.05) is 25.4 Å². The van der Waals surface area contributed by atoms with Crippen LogP contribution in [0.25, 0.3) is 0 Å². The number of hydrogen-bond donors (Lipinski definition) is 3. The first kappa shape index (κ1) is 17.0. The normalized spacial score (nSPS) is 22.3. The summed E-state index contributed by atoms with van der Waals surface area (Å²) in [5.74, 6) is 0.822. The molecular weight excluding hydrogens is 254 g/mol. The highest BCUT2D eigenvalue weighted by atomic mass is 16.2. The van der Waals surface area contributed by atoms with Crippen LogP contribution in [0.2, 0.25) is 0 Å². The van der Waals surface area contributed by atoms with Gasteiger partial charge < -0.3 is 16.4 Å². The maximum Gasteiger partial charge on any atom is 0.223 e. The van der Waals surface area contributed by atoms with Crippen LogP contribution in [0.4, 0.5) is 0 Å². The second-order valence-corrected chi connectivity index (χ2v) is 5.70. The maximum absolute atomic E-state index is 12.1. The number of hydrogen-bond acceptors (Lipinski definition) is 3. The number of carbonyl (C=O) groups excluding carboxylic acids is 2. The Balaban J connectivity index is 2.20. The van der Waals surface area contributed by atoms with Crippen molar-refractivity contribution in [3.63, 3.8) is 0 Å². The van der Waals surface area contributed by atoms with Crippen LogP contribution in [0.3, 0.4) is 0 Å². The topological polar surface area (TPSA) is 84.2 Å². The van der Waals surface area contributed by atoms with E-state index in [1.165, 1.54) is 6.42 Å². The molecule has 4 N–H and O–H groups in total. The van der Waals surface area contributed by atoms with Crippen LogP contribution in [0.5, 0.6) is 0 Å². The minimum Gasteiger partial charge on any atom is -0.356 e. The second kappa shape index (κ2) is 9.75. The summed E-state index contributed by atoms with van der Waals surface area (Å²) in [6.45, 7) is 3.86. The van der Waals surface area contributed by atoms with Crippen LogP contribution in [-0.4, -0.2) is 31.4 Å². The SMILES string of the molecule is CCCNC(=O)CCNC(=O)C1CCCC(CCN)C1. The number of amides is 2. The molecule has 0 aromatic heterocycles. The highest BCUT2D eigenvalue weighted by Crippen LogP contribution is 2.30. The van der Waals surface area contributed by atoms with Gasteiger partial charge in [0.1, 0.15) is 0 Å². The van der Waals surface area contributed by atoms with Gasteiger partial charge in [-0.3, -0.25) is 9.59 Å². The smallest absolute Gasteiger partial charge is 0.223 e. The van der Waals surface area contributed by atoms with Crippen molar-refractivity contribution in [3.8, 4) is 0 Å². The van der Waals surface area contributed by atoms with Crippen LogP contribution < -0.4 is 16.4 Å². The van der Waals surface area contributed by atoms with Crippen molar-refractivity contribution in [1.82, 2.24) is 10.6 Å². The summed E-state index contributed by atoms with van der Waals surface area (Å²) in [4.78, 5) is 23.5. The molecule has 20 heavy (non-hydrogen) atoms. The van der Waals surface area contributed by atoms with Gasteiger partial charge in [0.05, 0.1) is 0 Å². The van der Waals surface area contributed by atoms with Gasteiger partial charge in [0.25, 0.3) is 0 Å². The van der Waals surface area contributed by atoms with E-state index < -0.39 is 0 Å². The molecule has 2 amide bonds. The Morgan fingerprint density at radius 2 is 2.00 bits per heavy atom. The van der Waals surface area contributed by atoms with Gasteiger partial charge in [-0.15, -0.1) is 0 Å². The van der Waals surface area contributed by atoms with Crippen molar-refractivity contribution in [1.29, 1.82) is 0 Å². The van der Waals surface area contributed by atoms with Crippen LogP contribution in [0, 0.1) is 11.8 Å². The third-order valence-electron chi connectivity index (χ3n) is 3.95. The van der Waals surface area contributed by atoms with Crippen molar-refractivity contribution < 1.29 is 9.59 Å². The van der Waals surface area contributed by atoms with E-state index in [1.807, 2.05) is 6.92 Å². The standard InChI is InChI=1S/C15H29N3O2/c1-2-9-17-14(19)7-10-18-15(20)13-5-3-4-12(11-13)6-8-16/h12-13H,2-11,16H2,1H3,(H,17,19)(H,18,20).